The Morgan fingerprint density at radius 1 is 1.22 bits per heavy atom. The van der Waals surface area contributed by atoms with Crippen LogP contribution >= 0.6 is 23.1 Å². The molecule has 0 N–H and O–H groups in total. The molecule has 4 rings (SSSR count). The number of ether oxygens (including phenoxy) is 1. The number of rotatable bonds is 5. The molecule has 8 heteroatoms. The van der Waals surface area contributed by atoms with E-state index >= 15 is 0 Å². The lowest BCUT2D eigenvalue weighted by Gasteiger charge is -2.31. The van der Waals surface area contributed by atoms with E-state index in [0.29, 0.717) is 34.0 Å². The van der Waals surface area contributed by atoms with Crippen molar-refractivity contribution in [2.75, 3.05) is 18.8 Å². The van der Waals surface area contributed by atoms with Gasteiger partial charge in [0.15, 0.2) is 5.82 Å². The number of fused-ring (bicyclic) bond motifs is 1. The SMILES string of the molecule is O=C(CSC1CCCC1)N1CCC(Oc2nc3c(F)cc(F)cc3s2)CC1. The highest BCUT2D eigenvalue weighted by atomic mass is 32.2. The predicted molar refractivity (Wildman–Crippen MR) is 104 cm³/mol. The normalized spacial score (nSPS) is 19.1. The Morgan fingerprint density at radius 2 is 1.96 bits per heavy atom. The summed E-state index contributed by atoms with van der Waals surface area (Å²) in [4.78, 5) is 18.4. The number of benzene rings is 1. The molecule has 1 aromatic heterocycles. The molecule has 2 heterocycles. The summed E-state index contributed by atoms with van der Waals surface area (Å²) >= 11 is 2.95. The molecular formula is C19H22F2N2O2S2. The van der Waals surface area contributed by atoms with Gasteiger partial charge >= 0.3 is 0 Å². The first-order valence-corrected chi connectivity index (χ1v) is 11.3. The van der Waals surface area contributed by atoms with Crippen molar-refractivity contribution in [1.29, 1.82) is 0 Å². The van der Waals surface area contributed by atoms with Crippen molar-refractivity contribution in [3.8, 4) is 5.19 Å². The van der Waals surface area contributed by atoms with E-state index in [4.69, 9.17) is 4.74 Å². The van der Waals surface area contributed by atoms with Gasteiger partial charge in [0.2, 0.25) is 5.91 Å². The third kappa shape index (κ3) is 4.54. The Hall–Kier alpha value is -1.41. The second kappa shape index (κ2) is 8.31. The number of aromatic nitrogens is 1. The molecule has 27 heavy (non-hydrogen) atoms. The highest BCUT2D eigenvalue weighted by Crippen LogP contribution is 2.32. The first-order valence-electron chi connectivity index (χ1n) is 9.40. The molecule has 2 fully saturated rings. The van der Waals surface area contributed by atoms with Crippen LogP contribution in [-0.2, 0) is 4.79 Å². The van der Waals surface area contributed by atoms with Gasteiger partial charge in [0.25, 0.3) is 5.19 Å². The molecule has 1 saturated heterocycles. The first kappa shape index (κ1) is 18.9. The standard InChI is InChI=1S/C19H22F2N2O2S2/c20-12-9-15(21)18-16(10-12)27-19(22-18)25-13-5-7-23(8-6-13)17(24)11-26-14-3-1-2-4-14/h9-10,13-14H,1-8,11H2. The second-order valence-electron chi connectivity index (χ2n) is 7.13. The van der Waals surface area contributed by atoms with E-state index in [2.05, 4.69) is 4.98 Å². The smallest absolute Gasteiger partial charge is 0.274 e. The fraction of sp³-hybridized carbons (Fsp3) is 0.579. The van der Waals surface area contributed by atoms with Crippen LogP contribution in [0.4, 0.5) is 8.78 Å². The van der Waals surface area contributed by atoms with Crippen LogP contribution in [-0.4, -0.2) is 46.0 Å². The molecule has 1 amide bonds. The monoisotopic (exact) mass is 412 g/mol. The molecule has 0 bridgehead atoms. The Morgan fingerprint density at radius 3 is 2.70 bits per heavy atom. The number of carbonyl (C=O) groups is 1. The number of hydrogen-bond acceptors (Lipinski definition) is 5. The summed E-state index contributed by atoms with van der Waals surface area (Å²) in [5, 5.41) is 1.01. The predicted octanol–water partition coefficient (Wildman–Crippen LogP) is 4.62. The summed E-state index contributed by atoms with van der Waals surface area (Å²) in [6.07, 6.45) is 6.46. The minimum absolute atomic E-state index is 0.0509. The van der Waals surface area contributed by atoms with Gasteiger partial charge in [-0.3, -0.25) is 4.79 Å². The van der Waals surface area contributed by atoms with Gasteiger partial charge in [0.05, 0.1) is 10.5 Å². The molecule has 146 valence electrons. The third-order valence-corrected chi connectivity index (χ3v) is 7.45. The number of thiazole rings is 1. The van der Waals surface area contributed by atoms with Gasteiger partial charge in [0, 0.05) is 37.2 Å². The summed E-state index contributed by atoms with van der Waals surface area (Å²) < 4.78 is 33.4. The van der Waals surface area contributed by atoms with E-state index in [1.165, 1.54) is 31.7 Å². The highest BCUT2D eigenvalue weighted by Gasteiger charge is 2.26. The highest BCUT2D eigenvalue weighted by molar-refractivity contribution is 8.00. The molecule has 0 atom stereocenters. The number of carbonyl (C=O) groups excluding carboxylic acids is 1. The number of thioether (sulfide) groups is 1. The Bertz CT molecular complexity index is 815. The minimum atomic E-state index is -0.670. The lowest BCUT2D eigenvalue weighted by atomic mass is 10.1. The average molecular weight is 413 g/mol. The van der Waals surface area contributed by atoms with E-state index in [1.807, 2.05) is 4.90 Å². The zero-order chi connectivity index (χ0) is 18.8. The molecule has 2 aliphatic rings. The Balaban J connectivity index is 1.28. The van der Waals surface area contributed by atoms with Crippen molar-refractivity contribution in [2.45, 2.75) is 49.9 Å². The quantitative estimate of drug-likeness (QED) is 0.719. The van der Waals surface area contributed by atoms with Crippen LogP contribution in [0.1, 0.15) is 38.5 Å². The van der Waals surface area contributed by atoms with Gasteiger partial charge in [-0.2, -0.15) is 4.98 Å². The molecule has 2 aromatic rings. The summed E-state index contributed by atoms with van der Waals surface area (Å²) in [6, 6.07) is 2.10. The second-order valence-corrected chi connectivity index (χ2v) is 9.41. The zero-order valence-electron chi connectivity index (χ0n) is 15.0. The van der Waals surface area contributed by atoms with Gasteiger partial charge in [0.1, 0.15) is 17.4 Å². The van der Waals surface area contributed by atoms with Crippen molar-refractivity contribution in [3.63, 3.8) is 0 Å². The van der Waals surface area contributed by atoms with Crippen LogP contribution in [0, 0.1) is 11.6 Å². The fourth-order valence-corrected chi connectivity index (χ4v) is 5.84. The molecule has 1 aliphatic carbocycles. The van der Waals surface area contributed by atoms with Crippen LogP contribution in [0.3, 0.4) is 0 Å². The maximum absolute atomic E-state index is 13.8. The van der Waals surface area contributed by atoms with Gasteiger partial charge in [-0.05, 0) is 18.9 Å². The van der Waals surface area contributed by atoms with Crippen molar-refractivity contribution in [3.05, 3.63) is 23.8 Å². The number of halogens is 2. The van der Waals surface area contributed by atoms with E-state index in [0.717, 1.165) is 30.2 Å². The molecule has 0 spiro atoms. The minimum Gasteiger partial charge on any atom is -0.467 e. The van der Waals surface area contributed by atoms with Crippen molar-refractivity contribution in [1.82, 2.24) is 9.88 Å². The maximum Gasteiger partial charge on any atom is 0.274 e. The van der Waals surface area contributed by atoms with E-state index < -0.39 is 11.6 Å². The van der Waals surface area contributed by atoms with E-state index in [-0.39, 0.29) is 17.5 Å². The van der Waals surface area contributed by atoms with Crippen LogP contribution in [0.15, 0.2) is 12.1 Å². The largest absolute Gasteiger partial charge is 0.467 e. The Labute approximate surface area is 165 Å². The maximum atomic E-state index is 13.8. The summed E-state index contributed by atoms with van der Waals surface area (Å²) in [5.74, 6) is -0.504. The average Bonchev–Trinajstić information content (AvgIpc) is 3.30. The van der Waals surface area contributed by atoms with Crippen molar-refractivity contribution in [2.24, 2.45) is 0 Å². The van der Waals surface area contributed by atoms with Crippen molar-refractivity contribution >= 4 is 39.2 Å². The number of likely N-dealkylation sites (tertiary alicyclic amines) is 1. The molecule has 1 aromatic carbocycles. The Kier molecular flexibility index (Phi) is 5.82. The fourth-order valence-electron chi connectivity index (χ4n) is 3.69. The van der Waals surface area contributed by atoms with Gasteiger partial charge in [-0.25, -0.2) is 8.78 Å². The topological polar surface area (TPSA) is 42.4 Å². The number of nitrogens with zero attached hydrogens (tertiary/aromatic N) is 2. The molecular weight excluding hydrogens is 390 g/mol. The summed E-state index contributed by atoms with van der Waals surface area (Å²) in [7, 11) is 0. The molecule has 0 radical (unpaired) electrons. The third-order valence-electron chi connectivity index (χ3n) is 5.20. The van der Waals surface area contributed by atoms with Gasteiger partial charge in [-0.1, -0.05) is 24.2 Å². The summed E-state index contributed by atoms with van der Waals surface area (Å²) in [6.45, 7) is 1.34. The van der Waals surface area contributed by atoms with Crippen LogP contribution < -0.4 is 4.74 Å². The number of amides is 1. The van der Waals surface area contributed by atoms with Crippen LogP contribution in [0.2, 0.25) is 0 Å². The van der Waals surface area contributed by atoms with Crippen LogP contribution in [0.25, 0.3) is 10.2 Å². The van der Waals surface area contributed by atoms with Gasteiger partial charge < -0.3 is 9.64 Å². The first-order chi connectivity index (χ1) is 13.1. The lowest BCUT2D eigenvalue weighted by Crippen LogP contribution is -2.42. The zero-order valence-corrected chi connectivity index (χ0v) is 16.6. The number of piperidine rings is 1. The molecule has 1 saturated carbocycles. The molecule has 4 nitrogen and oxygen atoms in total. The molecule has 1 aliphatic heterocycles. The van der Waals surface area contributed by atoms with Gasteiger partial charge in [-0.15, -0.1) is 11.8 Å². The molecule has 0 unspecified atom stereocenters. The van der Waals surface area contributed by atoms with E-state index in [1.54, 1.807) is 11.8 Å². The lowest BCUT2D eigenvalue weighted by molar-refractivity contribution is -0.130. The summed E-state index contributed by atoms with van der Waals surface area (Å²) in [5.41, 5.74) is 0.146. The van der Waals surface area contributed by atoms with Crippen molar-refractivity contribution < 1.29 is 18.3 Å². The van der Waals surface area contributed by atoms with E-state index in [9.17, 15) is 13.6 Å². The number of hydrogen-bond donors (Lipinski definition) is 0. The van der Waals surface area contributed by atoms with Crippen LogP contribution in [0.5, 0.6) is 5.19 Å².